The molecule has 2 aliphatic heterocycles. The normalized spacial score (nSPS) is 28.0. The third kappa shape index (κ3) is 3.74. The first-order chi connectivity index (χ1) is 21.7. The molecule has 230 valence electrons. The Morgan fingerprint density at radius 2 is 2.02 bits per heavy atom. The standard InChI is InChI=1S/C34H34N6O5/c35-32(36-16-18-3-7-22(8-4-18)40(43)44)37-21-6-9-25-23(14-21)24-15-34(42)27-13-20-5-10-26(41)30-28(20)33(34,31(45-30)29(24)38-25)11-12-39(27)17-19-1-2-19/h3-10,14,19,27,31,38,41-42H,1-2,11-13,15-17H2,(H3,35,36,37)/t27-,31-,33-,34+/m0/s1. The van der Waals surface area contributed by atoms with E-state index in [0.29, 0.717) is 18.1 Å². The van der Waals surface area contributed by atoms with Gasteiger partial charge in [0.05, 0.1) is 28.2 Å². The Labute approximate surface area is 258 Å². The molecule has 4 aromatic rings. The summed E-state index contributed by atoms with van der Waals surface area (Å²) in [6.45, 7) is 2.20. The molecule has 11 heteroatoms. The van der Waals surface area contributed by atoms with Crippen molar-refractivity contribution in [1.82, 2.24) is 9.88 Å². The first-order valence-electron chi connectivity index (χ1n) is 15.7. The summed E-state index contributed by atoms with van der Waals surface area (Å²) in [5.74, 6) is 1.59. The number of fused-ring (bicyclic) bond motifs is 4. The van der Waals surface area contributed by atoms with Crippen LogP contribution >= 0.6 is 0 Å². The molecule has 3 heterocycles. The Balaban J connectivity index is 1.08. The third-order valence-electron chi connectivity index (χ3n) is 11.0. The molecule has 9 rings (SSSR count). The number of piperidine rings is 1. The van der Waals surface area contributed by atoms with Crippen molar-refractivity contribution in [2.45, 2.75) is 61.8 Å². The first-order valence-corrected chi connectivity index (χ1v) is 15.7. The van der Waals surface area contributed by atoms with E-state index >= 15 is 0 Å². The van der Waals surface area contributed by atoms with Crippen LogP contribution in [0, 0.1) is 16.0 Å². The summed E-state index contributed by atoms with van der Waals surface area (Å²) >= 11 is 0. The van der Waals surface area contributed by atoms with Crippen molar-refractivity contribution in [3.05, 3.63) is 92.7 Å². The number of non-ortho nitro benzene ring substituents is 1. The number of aromatic amines is 1. The molecular weight excluding hydrogens is 572 g/mol. The van der Waals surface area contributed by atoms with Gasteiger partial charge in [-0.1, -0.05) is 18.2 Å². The number of phenolic OH excluding ortho intramolecular Hbond substituents is 1. The number of aromatic hydroxyl groups is 1. The number of nitrogens with one attached hydrogen (secondary N) is 2. The highest BCUT2D eigenvalue weighted by molar-refractivity contribution is 5.96. The van der Waals surface area contributed by atoms with Crippen LogP contribution in [0.25, 0.3) is 10.9 Å². The average molecular weight is 607 g/mol. The maximum atomic E-state index is 13.1. The summed E-state index contributed by atoms with van der Waals surface area (Å²) in [6, 6.07) is 15.9. The van der Waals surface area contributed by atoms with Gasteiger partial charge in [-0.3, -0.25) is 15.0 Å². The van der Waals surface area contributed by atoms with E-state index in [4.69, 9.17) is 10.5 Å². The zero-order chi connectivity index (χ0) is 30.7. The van der Waals surface area contributed by atoms with Crippen LogP contribution in [0.4, 0.5) is 11.4 Å². The SMILES string of the molecule is NC(=NCc1ccc([N+](=O)[O-])cc1)Nc1ccc2[nH]c3c(c2c1)C[C@@]1(O)[C@@H]2Cc4ccc(O)c5c4[C@@]1(CCN2CC1CC1)[C@H]3O5. The van der Waals surface area contributed by atoms with E-state index in [-0.39, 0.29) is 30.0 Å². The number of anilines is 1. The summed E-state index contributed by atoms with van der Waals surface area (Å²) in [7, 11) is 0. The second kappa shape index (κ2) is 9.21. The quantitative estimate of drug-likeness (QED) is 0.0933. The van der Waals surface area contributed by atoms with Gasteiger partial charge in [0.15, 0.2) is 23.6 Å². The number of hydrogen-bond donors (Lipinski definition) is 5. The summed E-state index contributed by atoms with van der Waals surface area (Å²) < 4.78 is 6.70. The van der Waals surface area contributed by atoms with Crippen LogP contribution in [0.5, 0.6) is 11.5 Å². The minimum absolute atomic E-state index is 0.0316. The number of nitro benzene ring substituents is 1. The van der Waals surface area contributed by atoms with Crippen LogP contribution in [-0.4, -0.2) is 55.7 Å². The molecule has 1 aromatic heterocycles. The van der Waals surface area contributed by atoms with E-state index in [9.17, 15) is 20.3 Å². The monoisotopic (exact) mass is 606 g/mol. The van der Waals surface area contributed by atoms with Gasteiger partial charge in [0.1, 0.15) is 0 Å². The Kier molecular flexibility index (Phi) is 5.48. The Morgan fingerprint density at radius 1 is 1.20 bits per heavy atom. The van der Waals surface area contributed by atoms with Crippen molar-refractivity contribution in [3.8, 4) is 11.5 Å². The number of guanidine groups is 1. The van der Waals surface area contributed by atoms with Gasteiger partial charge in [-0.25, -0.2) is 4.99 Å². The largest absolute Gasteiger partial charge is 0.504 e. The predicted octanol–water partition coefficient (Wildman–Crippen LogP) is 4.41. The van der Waals surface area contributed by atoms with Gasteiger partial charge in [0.25, 0.3) is 5.69 Å². The molecule has 3 aliphatic carbocycles. The first kappa shape index (κ1) is 26.8. The summed E-state index contributed by atoms with van der Waals surface area (Å²) in [5, 5.41) is 39.1. The highest BCUT2D eigenvalue weighted by atomic mass is 16.6. The van der Waals surface area contributed by atoms with Crippen molar-refractivity contribution in [3.63, 3.8) is 0 Å². The zero-order valence-corrected chi connectivity index (χ0v) is 24.6. The van der Waals surface area contributed by atoms with Gasteiger partial charge >= 0.3 is 0 Å². The number of nitrogens with zero attached hydrogens (tertiary/aromatic N) is 3. The van der Waals surface area contributed by atoms with Gasteiger partial charge in [-0.05, 0) is 79.1 Å². The van der Waals surface area contributed by atoms with Crippen LogP contribution in [0.15, 0.2) is 59.6 Å². The van der Waals surface area contributed by atoms with E-state index in [1.807, 2.05) is 24.3 Å². The molecule has 45 heavy (non-hydrogen) atoms. The second-order valence-corrected chi connectivity index (χ2v) is 13.5. The van der Waals surface area contributed by atoms with E-state index in [1.54, 1.807) is 18.2 Å². The summed E-state index contributed by atoms with van der Waals surface area (Å²) in [6.07, 6.45) is 4.07. The smallest absolute Gasteiger partial charge is 0.269 e. The molecule has 5 aliphatic rings. The lowest BCUT2D eigenvalue weighted by molar-refractivity contribution is -0.384. The molecule has 6 N–H and O–H groups in total. The summed E-state index contributed by atoms with van der Waals surface area (Å²) in [4.78, 5) is 21.1. The van der Waals surface area contributed by atoms with Crippen molar-refractivity contribution in [1.29, 1.82) is 0 Å². The number of nitrogens with two attached hydrogens (primary N) is 1. The van der Waals surface area contributed by atoms with Crippen molar-refractivity contribution < 1.29 is 19.9 Å². The number of rotatable bonds is 6. The third-order valence-corrected chi connectivity index (χ3v) is 11.0. The van der Waals surface area contributed by atoms with Gasteiger partial charge in [-0.15, -0.1) is 0 Å². The fraction of sp³-hybridized carbons (Fsp3) is 0.382. The number of ether oxygens (including phenoxy) is 1. The van der Waals surface area contributed by atoms with Crippen molar-refractivity contribution >= 4 is 28.2 Å². The molecule has 3 aromatic carbocycles. The van der Waals surface area contributed by atoms with Gasteiger partial charge in [-0.2, -0.15) is 0 Å². The van der Waals surface area contributed by atoms with Crippen molar-refractivity contribution in [2.75, 3.05) is 18.4 Å². The van der Waals surface area contributed by atoms with E-state index in [0.717, 1.165) is 64.9 Å². The fourth-order valence-electron chi connectivity index (χ4n) is 8.79. The molecule has 1 spiro atoms. The number of benzene rings is 3. The lowest BCUT2D eigenvalue weighted by atomic mass is 9.49. The minimum Gasteiger partial charge on any atom is -0.504 e. The summed E-state index contributed by atoms with van der Waals surface area (Å²) in [5.41, 5.74) is 11.3. The van der Waals surface area contributed by atoms with E-state index in [2.05, 4.69) is 20.2 Å². The highest BCUT2D eigenvalue weighted by Crippen LogP contribution is 2.69. The molecule has 0 unspecified atom stereocenters. The number of likely N-dealkylation sites (tertiary alicyclic amines) is 1. The number of aliphatic imine (C=N–C) groups is 1. The molecule has 0 radical (unpaired) electrons. The van der Waals surface area contributed by atoms with Crippen LogP contribution in [0.3, 0.4) is 0 Å². The minimum atomic E-state index is -1.06. The molecule has 2 fully saturated rings. The number of nitro groups is 1. The molecule has 11 nitrogen and oxygen atoms in total. The van der Waals surface area contributed by atoms with Gasteiger partial charge < -0.3 is 31.0 Å². The molecule has 1 saturated carbocycles. The fourth-order valence-corrected chi connectivity index (χ4v) is 8.79. The maximum absolute atomic E-state index is 13.1. The molecule has 4 atom stereocenters. The van der Waals surface area contributed by atoms with Crippen LogP contribution in [-0.2, 0) is 24.8 Å². The lowest BCUT2D eigenvalue weighted by Gasteiger charge is -2.62. The topological polar surface area (TPSA) is 162 Å². The van der Waals surface area contributed by atoms with Crippen LogP contribution < -0.4 is 15.8 Å². The maximum Gasteiger partial charge on any atom is 0.269 e. The molecule has 2 bridgehead atoms. The number of aliphatic hydroxyl groups is 1. The van der Waals surface area contributed by atoms with E-state index < -0.39 is 22.0 Å². The molecule has 1 saturated heterocycles. The van der Waals surface area contributed by atoms with Crippen LogP contribution in [0.2, 0.25) is 0 Å². The lowest BCUT2D eigenvalue weighted by Crippen LogP contribution is -2.74. The highest BCUT2D eigenvalue weighted by Gasteiger charge is 2.72. The second-order valence-electron chi connectivity index (χ2n) is 13.5. The number of hydrogen-bond acceptors (Lipinski definition) is 7. The van der Waals surface area contributed by atoms with Crippen molar-refractivity contribution in [2.24, 2.45) is 16.6 Å². The van der Waals surface area contributed by atoms with Gasteiger partial charge in [0.2, 0.25) is 0 Å². The average Bonchev–Trinajstić information content (AvgIpc) is 3.67. The Hall–Kier alpha value is -4.61. The Morgan fingerprint density at radius 3 is 2.80 bits per heavy atom. The Bertz CT molecular complexity index is 1930. The van der Waals surface area contributed by atoms with Crippen LogP contribution in [0.1, 0.15) is 53.3 Å². The predicted molar refractivity (Wildman–Crippen MR) is 169 cm³/mol. The number of aromatic nitrogens is 1. The molecular formula is C34H34N6O5. The zero-order valence-electron chi connectivity index (χ0n) is 24.6. The number of H-pyrrole nitrogens is 1. The molecule has 0 amide bonds. The number of phenols is 1. The van der Waals surface area contributed by atoms with Gasteiger partial charge in [0, 0.05) is 53.3 Å². The van der Waals surface area contributed by atoms with E-state index in [1.165, 1.54) is 30.5 Å².